The zero-order valence-corrected chi connectivity index (χ0v) is 8.96. The van der Waals surface area contributed by atoms with Crippen molar-refractivity contribution >= 4 is 5.69 Å². The van der Waals surface area contributed by atoms with E-state index in [9.17, 15) is 0 Å². The summed E-state index contributed by atoms with van der Waals surface area (Å²) in [6.07, 6.45) is 0. The fourth-order valence-electron chi connectivity index (χ4n) is 1.24. The summed E-state index contributed by atoms with van der Waals surface area (Å²) in [5, 5.41) is 11.5. The van der Waals surface area contributed by atoms with Crippen LogP contribution in [0.3, 0.4) is 0 Å². The van der Waals surface area contributed by atoms with Gasteiger partial charge < -0.3 is 5.32 Å². The fraction of sp³-hybridized carbons (Fsp3) is 0.417. The van der Waals surface area contributed by atoms with Crippen LogP contribution in [0.4, 0.5) is 5.69 Å². The quantitative estimate of drug-likeness (QED) is 0.724. The first kappa shape index (κ1) is 10.6. The van der Waals surface area contributed by atoms with E-state index < -0.39 is 0 Å². The molecule has 2 nitrogen and oxygen atoms in total. The molecule has 1 aromatic carbocycles. The summed E-state index contributed by atoms with van der Waals surface area (Å²) in [5.74, 6) is 0. The predicted molar refractivity (Wildman–Crippen MR) is 59.2 cm³/mol. The van der Waals surface area contributed by atoms with E-state index >= 15 is 0 Å². The summed E-state index contributed by atoms with van der Waals surface area (Å²) in [4.78, 5) is 0. The van der Waals surface area contributed by atoms with Gasteiger partial charge in [0.2, 0.25) is 0 Å². The molecule has 1 aromatic rings. The van der Waals surface area contributed by atoms with Gasteiger partial charge in [-0.2, -0.15) is 5.26 Å². The van der Waals surface area contributed by atoms with E-state index in [1.807, 2.05) is 12.1 Å². The summed E-state index contributed by atoms with van der Waals surface area (Å²) < 4.78 is 0. The van der Waals surface area contributed by atoms with Gasteiger partial charge >= 0.3 is 0 Å². The molecule has 0 heterocycles. The Balaban J connectivity index is 2.86. The second-order valence-electron chi connectivity index (χ2n) is 4.34. The molecule has 0 aromatic heterocycles. The summed E-state index contributed by atoms with van der Waals surface area (Å²) in [6, 6.07) is 10.3. The molecule has 0 aliphatic carbocycles. The molecule has 1 N–H and O–H groups in total. The molecule has 2 heteroatoms. The lowest BCUT2D eigenvalue weighted by atomic mass is 9.87. The van der Waals surface area contributed by atoms with Crippen molar-refractivity contribution in [2.75, 3.05) is 11.9 Å². The largest absolute Gasteiger partial charge is 0.372 e. The fourth-order valence-corrected chi connectivity index (χ4v) is 1.24. The Morgan fingerprint density at radius 1 is 1.36 bits per heavy atom. The lowest BCUT2D eigenvalue weighted by molar-refractivity contribution is 0.590. The number of nitriles is 1. The van der Waals surface area contributed by atoms with E-state index in [0.29, 0.717) is 6.54 Å². The molecule has 1 rings (SSSR count). The van der Waals surface area contributed by atoms with Gasteiger partial charge in [0.05, 0.1) is 6.07 Å². The standard InChI is InChI=1S/C12H16N2/c1-12(2,3)10-5-4-6-11(9-10)14-8-7-13/h4-6,9,14H,8H2,1-3H3. The molecule has 0 spiro atoms. The van der Waals surface area contributed by atoms with E-state index in [1.54, 1.807) is 0 Å². The Labute approximate surface area is 85.6 Å². The van der Waals surface area contributed by atoms with Crippen LogP contribution in [0.5, 0.6) is 0 Å². The molecule has 0 aliphatic heterocycles. The highest BCUT2D eigenvalue weighted by molar-refractivity contribution is 5.47. The average molecular weight is 188 g/mol. The summed E-state index contributed by atoms with van der Waals surface area (Å²) in [5.41, 5.74) is 2.45. The lowest BCUT2D eigenvalue weighted by Gasteiger charge is -2.19. The Kier molecular flexibility index (Phi) is 3.14. The molecular weight excluding hydrogens is 172 g/mol. The molecule has 0 aliphatic rings. The Morgan fingerprint density at radius 3 is 2.64 bits per heavy atom. The molecule has 0 saturated carbocycles. The van der Waals surface area contributed by atoms with Crippen molar-refractivity contribution in [1.82, 2.24) is 0 Å². The molecule has 0 unspecified atom stereocenters. The molecule has 0 saturated heterocycles. The van der Waals surface area contributed by atoms with Gasteiger partial charge in [0.1, 0.15) is 6.54 Å². The van der Waals surface area contributed by atoms with Crippen LogP contribution in [0.1, 0.15) is 26.3 Å². The monoisotopic (exact) mass is 188 g/mol. The average Bonchev–Trinajstić information content (AvgIpc) is 2.14. The first-order valence-electron chi connectivity index (χ1n) is 4.75. The molecule has 14 heavy (non-hydrogen) atoms. The minimum Gasteiger partial charge on any atom is -0.372 e. The van der Waals surface area contributed by atoms with Crippen molar-refractivity contribution < 1.29 is 0 Å². The number of anilines is 1. The highest BCUT2D eigenvalue weighted by Crippen LogP contribution is 2.24. The second kappa shape index (κ2) is 4.15. The maximum atomic E-state index is 8.44. The first-order valence-corrected chi connectivity index (χ1v) is 4.75. The third kappa shape index (κ3) is 2.77. The number of nitrogens with zero attached hydrogens (tertiary/aromatic N) is 1. The Bertz CT molecular complexity index is 342. The van der Waals surface area contributed by atoms with Gasteiger partial charge in [0.15, 0.2) is 0 Å². The van der Waals surface area contributed by atoms with Crippen LogP contribution in [0.15, 0.2) is 24.3 Å². The normalized spacial score (nSPS) is 10.7. The Hall–Kier alpha value is -1.49. The highest BCUT2D eigenvalue weighted by atomic mass is 14.9. The van der Waals surface area contributed by atoms with Crippen molar-refractivity contribution in [2.24, 2.45) is 0 Å². The van der Waals surface area contributed by atoms with Crippen LogP contribution in [0.2, 0.25) is 0 Å². The number of rotatable bonds is 2. The smallest absolute Gasteiger partial charge is 0.103 e. The van der Waals surface area contributed by atoms with Crippen LogP contribution < -0.4 is 5.32 Å². The number of nitrogens with one attached hydrogen (secondary N) is 1. The number of benzene rings is 1. The minimum atomic E-state index is 0.157. The molecule has 0 amide bonds. The van der Waals surface area contributed by atoms with Crippen LogP contribution in [0, 0.1) is 11.3 Å². The van der Waals surface area contributed by atoms with Crippen molar-refractivity contribution in [2.45, 2.75) is 26.2 Å². The van der Waals surface area contributed by atoms with Crippen LogP contribution in [-0.2, 0) is 5.41 Å². The van der Waals surface area contributed by atoms with E-state index in [-0.39, 0.29) is 5.41 Å². The van der Waals surface area contributed by atoms with Crippen molar-refractivity contribution in [1.29, 1.82) is 5.26 Å². The van der Waals surface area contributed by atoms with E-state index in [1.165, 1.54) is 5.56 Å². The summed E-state index contributed by atoms with van der Waals surface area (Å²) in [6.45, 7) is 6.89. The van der Waals surface area contributed by atoms with Crippen LogP contribution in [0.25, 0.3) is 0 Å². The molecule has 0 radical (unpaired) electrons. The SMILES string of the molecule is CC(C)(C)c1cccc(NCC#N)c1. The molecule has 74 valence electrons. The van der Waals surface area contributed by atoms with Gasteiger partial charge in [-0.05, 0) is 23.1 Å². The van der Waals surface area contributed by atoms with Crippen molar-refractivity contribution in [3.63, 3.8) is 0 Å². The molecule has 0 bridgehead atoms. The van der Waals surface area contributed by atoms with Gasteiger partial charge in [-0.15, -0.1) is 0 Å². The maximum Gasteiger partial charge on any atom is 0.103 e. The van der Waals surface area contributed by atoms with E-state index in [0.717, 1.165) is 5.69 Å². The third-order valence-electron chi connectivity index (χ3n) is 2.10. The lowest BCUT2D eigenvalue weighted by Crippen LogP contribution is -2.11. The van der Waals surface area contributed by atoms with Crippen molar-refractivity contribution in [3.05, 3.63) is 29.8 Å². The van der Waals surface area contributed by atoms with Crippen LogP contribution in [-0.4, -0.2) is 6.54 Å². The van der Waals surface area contributed by atoms with Gasteiger partial charge in [0.25, 0.3) is 0 Å². The topological polar surface area (TPSA) is 35.8 Å². The van der Waals surface area contributed by atoms with Crippen molar-refractivity contribution in [3.8, 4) is 6.07 Å². The third-order valence-corrected chi connectivity index (χ3v) is 2.10. The van der Waals surface area contributed by atoms with Gasteiger partial charge in [-0.3, -0.25) is 0 Å². The van der Waals surface area contributed by atoms with Gasteiger partial charge in [-0.1, -0.05) is 32.9 Å². The highest BCUT2D eigenvalue weighted by Gasteiger charge is 2.13. The number of hydrogen-bond donors (Lipinski definition) is 1. The molecule has 0 fully saturated rings. The molecular formula is C12H16N2. The summed E-state index contributed by atoms with van der Waals surface area (Å²) in [7, 11) is 0. The summed E-state index contributed by atoms with van der Waals surface area (Å²) >= 11 is 0. The van der Waals surface area contributed by atoms with Gasteiger partial charge in [-0.25, -0.2) is 0 Å². The van der Waals surface area contributed by atoms with Crippen LogP contribution >= 0.6 is 0 Å². The Morgan fingerprint density at radius 2 is 2.07 bits per heavy atom. The first-order chi connectivity index (χ1) is 6.54. The zero-order chi connectivity index (χ0) is 10.6. The predicted octanol–water partition coefficient (Wildman–Crippen LogP) is 2.92. The second-order valence-corrected chi connectivity index (χ2v) is 4.34. The van der Waals surface area contributed by atoms with E-state index in [4.69, 9.17) is 5.26 Å². The maximum absolute atomic E-state index is 8.44. The minimum absolute atomic E-state index is 0.157. The van der Waals surface area contributed by atoms with Gasteiger partial charge in [0, 0.05) is 5.69 Å². The zero-order valence-electron chi connectivity index (χ0n) is 8.96. The number of hydrogen-bond acceptors (Lipinski definition) is 2. The van der Waals surface area contributed by atoms with E-state index in [2.05, 4.69) is 44.3 Å². The molecule has 0 atom stereocenters.